The summed E-state index contributed by atoms with van der Waals surface area (Å²) in [6, 6.07) is 0. The van der Waals surface area contributed by atoms with Gasteiger partial charge in [0.05, 0.1) is 5.92 Å². The molecule has 1 saturated heterocycles. The molecular formula is C13H25N3O2. The highest BCUT2D eigenvalue weighted by Gasteiger charge is 2.39. The molecule has 5 heteroatoms. The highest BCUT2D eigenvalue weighted by molar-refractivity contribution is 6.02. The van der Waals surface area contributed by atoms with Crippen molar-refractivity contribution < 1.29 is 10.0 Å². The normalized spacial score (nSPS) is 21.1. The van der Waals surface area contributed by atoms with Gasteiger partial charge in [0.2, 0.25) is 5.91 Å². The number of likely N-dealkylation sites (tertiary alicyclic amines) is 1. The van der Waals surface area contributed by atoms with E-state index in [9.17, 15) is 4.79 Å². The Kier molecular flexibility index (Phi) is 4.99. The van der Waals surface area contributed by atoms with E-state index >= 15 is 0 Å². The van der Waals surface area contributed by atoms with Crippen LogP contribution in [0.3, 0.4) is 0 Å². The van der Waals surface area contributed by atoms with Crippen molar-refractivity contribution in [2.24, 2.45) is 22.2 Å². The quantitative estimate of drug-likeness (QED) is 0.340. The second-order valence-electron chi connectivity index (χ2n) is 5.20. The number of rotatable bonds is 5. The predicted molar refractivity (Wildman–Crippen MR) is 71.4 cm³/mol. The zero-order valence-corrected chi connectivity index (χ0v) is 11.6. The van der Waals surface area contributed by atoms with Crippen LogP contribution in [0, 0.1) is 11.3 Å². The van der Waals surface area contributed by atoms with Crippen LogP contribution in [0.4, 0.5) is 0 Å². The summed E-state index contributed by atoms with van der Waals surface area (Å²) in [7, 11) is 0. The van der Waals surface area contributed by atoms with E-state index in [0.29, 0.717) is 6.42 Å². The van der Waals surface area contributed by atoms with Crippen molar-refractivity contribution in [1.29, 1.82) is 0 Å². The number of nitrogens with zero attached hydrogens (tertiary/aromatic N) is 2. The minimum Gasteiger partial charge on any atom is -0.409 e. The molecule has 0 aliphatic carbocycles. The molecule has 5 nitrogen and oxygen atoms in total. The maximum atomic E-state index is 12.4. The van der Waals surface area contributed by atoms with Crippen LogP contribution in [0.25, 0.3) is 0 Å². The molecule has 3 N–H and O–H groups in total. The fourth-order valence-corrected chi connectivity index (χ4v) is 2.75. The van der Waals surface area contributed by atoms with Crippen molar-refractivity contribution in [3.8, 4) is 0 Å². The molecule has 0 bridgehead atoms. The van der Waals surface area contributed by atoms with Crippen molar-refractivity contribution in [2.45, 2.75) is 46.5 Å². The van der Waals surface area contributed by atoms with Crippen molar-refractivity contribution >= 4 is 11.7 Å². The highest BCUT2D eigenvalue weighted by atomic mass is 16.4. The summed E-state index contributed by atoms with van der Waals surface area (Å²) < 4.78 is 0. The second-order valence-corrected chi connectivity index (χ2v) is 5.20. The number of hydrogen-bond donors (Lipinski definition) is 2. The lowest BCUT2D eigenvalue weighted by molar-refractivity contribution is -0.132. The monoisotopic (exact) mass is 255 g/mol. The number of amides is 1. The van der Waals surface area contributed by atoms with E-state index in [1.807, 2.05) is 11.8 Å². The van der Waals surface area contributed by atoms with E-state index < -0.39 is 5.92 Å². The maximum Gasteiger partial charge on any atom is 0.233 e. The van der Waals surface area contributed by atoms with Gasteiger partial charge in [0.1, 0.15) is 0 Å². The average molecular weight is 255 g/mol. The third-order valence-corrected chi connectivity index (χ3v) is 4.43. The Labute approximate surface area is 109 Å². The number of nitrogens with two attached hydrogens (primary N) is 1. The van der Waals surface area contributed by atoms with Crippen LogP contribution in [0.2, 0.25) is 0 Å². The molecule has 1 unspecified atom stereocenters. The molecule has 0 aromatic carbocycles. The summed E-state index contributed by atoms with van der Waals surface area (Å²) in [6.45, 7) is 7.82. The van der Waals surface area contributed by atoms with Gasteiger partial charge in [-0.2, -0.15) is 0 Å². The van der Waals surface area contributed by atoms with Gasteiger partial charge in [-0.25, -0.2) is 0 Å². The van der Waals surface area contributed by atoms with E-state index in [1.54, 1.807) is 0 Å². The van der Waals surface area contributed by atoms with Gasteiger partial charge in [-0.3, -0.25) is 4.79 Å². The number of carbonyl (C=O) groups is 1. The zero-order chi connectivity index (χ0) is 13.8. The Balaban J connectivity index is 2.75. The molecule has 104 valence electrons. The van der Waals surface area contributed by atoms with E-state index in [0.717, 1.165) is 32.4 Å². The smallest absolute Gasteiger partial charge is 0.233 e. The lowest BCUT2D eigenvalue weighted by atomic mass is 9.82. The summed E-state index contributed by atoms with van der Waals surface area (Å²) in [6.07, 6.45) is 3.80. The van der Waals surface area contributed by atoms with Crippen molar-refractivity contribution in [3.05, 3.63) is 0 Å². The highest BCUT2D eigenvalue weighted by Crippen LogP contribution is 2.37. The molecule has 1 rings (SSSR count). The van der Waals surface area contributed by atoms with Crippen molar-refractivity contribution in [3.63, 3.8) is 0 Å². The Bertz CT molecular complexity index is 324. The van der Waals surface area contributed by atoms with Gasteiger partial charge in [0.25, 0.3) is 0 Å². The molecule has 1 amide bonds. The Hall–Kier alpha value is -1.26. The van der Waals surface area contributed by atoms with Gasteiger partial charge >= 0.3 is 0 Å². The zero-order valence-electron chi connectivity index (χ0n) is 11.6. The van der Waals surface area contributed by atoms with Gasteiger partial charge in [-0.05, 0) is 31.1 Å². The Morgan fingerprint density at radius 3 is 2.44 bits per heavy atom. The fourth-order valence-electron chi connectivity index (χ4n) is 2.75. The minimum atomic E-state index is -0.487. The molecule has 1 heterocycles. The molecule has 0 radical (unpaired) electrons. The standard InChI is InChI=1S/C13H25N3O2/c1-4-10(11(14)15-18)12(17)16-8-7-13(5-2,6-3)9-16/h10,18H,4-9H2,1-3H3,(H2,14,15). The van der Waals surface area contributed by atoms with Crippen LogP contribution in [0.1, 0.15) is 46.5 Å². The number of carbonyl (C=O) groups excluding carboxylic acids is 1. The molecule has 0 aromatic rings. The number of oxime groups is 1. The SMILES string of the molecule is CCC(C(=O)N1CCC(CC)(CC)C1)C(N)=NO. The predicted octanol–water partition coefficient (Wildman–Crippen LogP) is 1.80. The average Bonchev–Trinajstić information content (AvgIpc) is 2.84. The first kappa shape index (κ1) is 14.8. The van der Waals surface area contributed by atoms with Gasteiger partial charge in [0.15, 0.2) is 5.84 Å². The number of amidine groups is 1. The van der Waals surface area contributed by atoms with E-state index in [4.69, 9.17) is 10.9 Å². The lowest BCUT2D eigenvalue weighted by Crippen LogP contribution is -2.41. The third kappa shape index (κ3) is 2.76. The molecule has 1 aliphatic heterocycles. The second kappa shape index (κ2) is 6.07. The van der Waals surface area contributed by atoms with Crippen LogP contribution in [-0.4, -0.2) is 34.9 Å². The first-order chi connectivity index (χ1) is 8.53. The first-order valence-electron chi connectivity index (χ1n) is 6.79. The van der Waals surface area contributed by atoms with Crippen LogP contribution in [0.15, 0.2) is 5.16 Å². The van der Waals surface area contributed by atoms with Crippen LogP contribution >= 0.6 is 0 Å². The van der Waals surface area contributed by atoms with Crippen molar-refractivity contribution in [2.75, 3.05) is 13.1 Å². The fraction of sp³-hybridized carbons (Fsp3) is 0.846. The molecule has 0 saturated carbocycles. The molecule has 1 atom stereocenters. The summed E-state index contributed by atoms with van der Waals surface area (Å²) in [5.74, 6) is -0.468. The maximum absolute atomic E-state index is 12.4. The van der Waals surface area contributed by atoms with Crippen molar-refractivity contribution in [1.82, 2.24) is 4.90 Å². The molecule has 0 aromatic heterocycles. The van der Waals surface area contributed by atoms with Crippen LogP contribution in [0.5, 0.6) is 0 Å². The lowest BCUT2D eigenvalue weighted by Gasteiger charge is -2.27. The topological polar surface area (TPSA) is 78.9 Å². The number of hydrogen-bond acceptors (Lipinski definition) is 3. The molecule has 1 aliphatic rings. The minimum absolute atomic E-state index is 0.00317. The van der Waals surface area contributed by atoms with Gasteiger partial charge < -0.3 is 15.8 Å². The molecule has 0 spiro atoms. The summed E-state index contributed by atoms with van der Waals surface area (Å²) in [5, 5.41) is 11.7. The Morgan fingerprint density at radius 1 is 1.44 bits per heavy atom. The van der Waals surface area contributed by atoms with Gasteiger partial charge in [0, 0.05) is 13.1 Å². The van der Waals surface area contributed by atoms with E-state index in [-0.39, 0.29) is 17.2 Å². The summed E-state index contributed by atoms with van der Waals surface area (Å²) >= 11 is 0. The largest absolute Gasteiger partial charge is 0.409 e. The van der Waals surface area contributed by atoms with Gasteiger partial charge in [-0.1, -0.05) is 25.9 Å². The molecular weight excluding hydrogens is 230 g/mol. The summed E-state index contributed by atoms with van der Waals surface area (Å²) in [4.78, 5) is 14.2. The summed E-state index contributed by atoms with van der Waals surface area (Å²) in [5.41, 5.74) is 5.84. The van der Waals surface area contributed by atoms with Crippen LogP contribution < -0.4 is 5.73 Å². The first-order valence-corrected chi connectivity index (χ1v) is 6.79. The van der Waals surface area contributed by atoms with E-state index in [2.05, 4.69) is 19.0 Å². The molecule has 1 fully saturated rings. The Morgan fingerprint density at radius 2 is 2.06 bits per heavy atom. The van der Waals surface area contributed by atoms with Crippen LogP contribution in [-0.2, 0) is 4.79 Å². The van der Waals surface area contributed by atoms with E-state index in [1.165, 1.54) is 0 Å². The van der Waals surface area contributed by atoms with Gasteiger partial charge in [-0.15, -0.1) is 0 Å². The third-order valence-electron chi connectivity index (χ3n) is 4.43. The molecule has 18 heavy (non-hydrogen) atoms.